The van der Waals surface area contributed by atoms with Crippen molar-refractivity contribution in [2.24, 2.45) is 0 Å². The zero-order chi connectivity index (χ0) is 21.4. The lowest BCUT2D eigenvalue weighted by Crippen LogP contribution is -2.44. The zero-order valence-corrected chi connectivity index (χ0v) is 17.2. The Morgan fingerprint density at radius 1 is 1.03 bits per heavy atom. The van der Waals surface area contributed by atoms with E-state index < -0.39 is 6.10 Å². The van der Waals surface area contributed by atoms with Gasteiger partial charge in [-0.15, -0.1) is 0 Å². The van der Waals surface area contributed by atoms with Crippen LogP contribution in [0.2, 0.25) is 0 Å². The van der Waals surface area contributed by atoms with Crippen LogP contribution in [0.25, 0.3) is 0 Å². The molecular weight excluding hydrogens is 370 g/mol. The predicted molar refractivity (Wildman–Crippen MR) is 113 cm³/mol. The van der Waals surface area contributed by atoms with Crippen molar-refractivity contribution in [3.05, 3.63) is 54.1 Å². The van der Waals surface area contributed by atoms with Crippen LogP contribution >= 0.6 is 0 Å². The van der Waals surface area contributed by atoms with Crippen molar-refractivity contribution in [1.29, 1.82) is 0 Å². The molecule has 2 aromatic rings. The summed E-state index contributed by atoms with van der Waals surface area (Å²) in [6.07, 6.45) is -0.707. The topological polar surface area (TPSA) is 87.7 Å². The molecule has 2 N–H and O–H groups in total. The fourth-order valence-electron chi connectivity index (χ4n) is 2.76. The molecule has 0 spiro atoms. The van der Waals surface area contributed by atoms with Gasteiger partial charge in [-0.1, -0.05) is 12.1 Å². The Morgan fingerprint density at radius 2 is 1.66 bits per heavy atom. The van der Waals surface area contributed by atoms with Gasteiger partial charge in [-0.2, -0.15) is 0 Å². The van der Waals surface area contributed by atoms with Crippen LogP contribution in [0.15, 0.2) is 48.5 Å². The number of benzene rings is 2. The van der Waals surface area contributed by atoms with Crippen LogP contribution in [0.4, 0.5) is 11.4 Å². The van der Waals surface area contributed by atoms with Crippen molar-refractivity contribution in [1.82, 2.24) is 4.90 Å². The highest BCUT2D eigenvalue weighted by molar-refractivity contribution is 5.95. The summed E-state index contributed by atoms with van der Waals surface area (Å²) in [7, 11) is 0. The van der Waals surface area contributed by atoms with E-state index in [1.165, 1.54) is 11.8 Å². The van der Waals surface area contributed by atoms with E-state index in [-0.39, 0.29) is 24.3 Å². The first-order chi connectivity index (χ1) is 13.8. The number of likely N-dealkylation sites (N-methyl/N-ethyl adjacent to an activating group) is 1. The fourth-order valence-corrected chi connectivity index (χ4v) is 2.76. The molecular formula is C22H27N3O4. The molecule has 0 saturated heterocycles. The molecule has 29 heavy (non-hydrogen) atoms. The smallest absolute Gasteiger partial charge is 0.263 e. The molecule has 2 rings (SSSR count). The summed E-state index contributed by atoms with van der Waals surface area (Å²) in [4.78, 5) is 37.5. The van der Waals surface area contributed by atoms with Gasteiger partial charge < -0.3 is 20.3 Å². The van der Waals surface area contributed by atoms with Crippen LogP contribution < -0.4 is 15.4 Å². The predicted octanol–water partition coefficient (Wildman–Crippen LogP) is 3.21. The third-order valence-electron chi connectivity index (χ3n) is 4.17. The molecule has 0 fully saturated rings. The van der Waals surface area contributed by atoms with E-state index >= 15 is 0 Å². The minimum atomic E-state index is -0.707. The van der Waals surface area contributed by atoms with E-state index in [1.807, 2.05) is 32.0 Å². The second-order valence-electron chi connectivity index (χ2n) is 6.74. The van der Waals surface area contributed by atoms with Crippen LogP contribution in [0.1, 0.15) is 26.3 Å². The number of ether oxygens (including phenoxy) is 1. The van der Waals surface area contributed by atoms with Crippen molar-refractivity contribution in [3.63, 3.8) is 0 Å². The van der Waals surface area contributed by atoms with Gasteiger partial charge in [0.15, 0.2) is 6.10 Å². The van der Waals surface area contributed by atoms with Crippen LogP contribution in [-0.4, -0.2) is 41.8 Å². The van der Waals surface area contributed by atoms with E-state index in [2.05, 4.69) is 10.6 Å². The molecule has 0 radical (unpaired) electrons. The molecule has 0 aliphatic rings. The van der Waals surface area contributed by atoms with E-state index in [1.54, 1.807) is 37.3 Å². The minimum Gasteiger partial charge on any atom is -0.481 e. The summed E-state index contributed by atoms with van der Waals surface area (Å²) in [5.74, 6) is -0.119. The van der Waals surface area contributed by atoms with Gasteiger partial charge in [0.25, 0.3) is 5.91 Å². The van der Waals surface area contributed by atoms with Crippen LogP contribution in [0, 0.1) is 6.92 Å². The average Bonchev–Trinajstić information content (AvgIpc) is 2.66. The van der Waals surface area contributed by atoms with E-state index in [0.29, 0.717) is 23.7 Å². The molecule has 0 aromatic heterocycles. The summed E-state index contributed by atoms with van der Waals surface area (Å²) in [5, 5.41) is 5.41. The molecule has 0 aliphatic carbocycles. The number of aryl methyl sites for hydroxylation is 1. The number of rotatable bonds is 8. The second-order valence-corrected chi connectivity index (χ2v) is 6.74. The molecule has 0 unspecified atom stereocenters. The number of hydrogen-bond acceptors (Lipinski definition) is 4. The first-order valence-electron chi connectivity index (χ1n) is 9.48. The molecule has 3 amide bonds. The lowest BCUT2D eigenvalue weighted by Gasteiger charge is -2.24. The molecule has 0 aliphatic heterocycles. The van der Waals surface area contributed by atoms with Crippen molar-refractivity contribution in [2.45, 2.75) is 33.8 Å². The summed E-state index contributed by atoms with van der Waals surface area (Å²) < 4.78 is 5.73. The Balaban J connectivity index is 1.92. The summed E-state index contributed by atoms with van der Waals surface area (Å²) in [6.45, 7) is 7.17. The molecule has 2 aromatic carbocycles. The van der Waals surface area contributed by atoms with Gasteiger partial charge in [0.1, 0.15) is 5.75 Å². The number of carbonyl (C=O) groups is 3. The fraction of sp³-hybridized carbons (Fsp3) is 0.318. The number of anilines is 2. The molecule has 7 nitrogen and oxygen atoms in total. The number of hydrogen-bond donors (Lipinski definition) is 2. The first kappa shape index (κ1) is 21.9. The lowest BCUT2D eigenvalue weighted by molar-refractivity contribution is -0.140. The largest absolute Gasteiger partial charge is 0.481 e. The summed E-state index contributed by atoms with van der Waals surface area (Å²) in [6, 6.07) is 14.2. The molecule has 0 saturated carbocycles. The Labute approximate surface area is 171 Å². The van der Waals surface area contributed by atoms with Gasteiger partial charge in [0.2, 0.25) is 11.8 Å². The highest BCUT2D eigenvalue weighted by atomic mass is 16.5. The van der Waals surface area contributed by atoms with Crippen LogP contribution in [-0.2, 0) is 14.4 Å². The molecule has 0 bridgehead atoms. The number of amides is 3. The zero-order valence-electron chi connectivity index (χ0n) is 17.2. The summed E-state index contributed by atoms with van der Waals surface area (Å²) in [5.41, 5.74) is 2.26. The van der Waals surface area contributed by atoms with Crippen molar-refractivity contribution >= 4 is 29.1 Å². The minimum absolute atomic E-state index is 0.0791. The third-order valence-corrected chi connectivity index (χ3v) is 4.17. The average molecular weight is 397 g/mol. The highest BCUT2D eigenvalue weighted by Crippen LogP contribution is 2.16. The Bertz CT molecular complexity index is 865. The highest BCUT2D eigenvalue weighted by Gasteiger charge is 2.23. The van der Waals surface area contributed by atoms with Gasteiger partial charge in [-0.3, -0.25) is 14.4 Å². The van der Waals surface area contributed by atoms with Crippen LogP contribution in [0.5, 0.6) is 5.75 Å². The van der Waals surface area contributed by atoms with E-state index in [9.17, 15) is 14.4 Å². The van der Waals surface area contributed by atoms with Crippen molar-refractivity contribution in [2.75, 3.05) is 23.7 Å². The Kier molecular flexibility index (Phi) is 7.77. The second kappa shape index (κ2) is 10.3. The lowest BCUT2D eigenvalue weighted by atomic mass is 10.2. The van der Waals surface area contributed by atoms with Crippen LogP contribution in [0.3, 0.4) is 0 Å². The quantitative estimate of drug-likeness (QED) is 0.716. The van der Waals surface area contributed by atoms with Gasteiger partial charge in [0, 0.05) is 24.8 Å². The first-order valence-corrected chi connectivity index (χ1v) is 9.48. The number of nitrogens with one attached hydrogen (secondary N) is 2. The van der Waals surface area contributed by atoms with Crippen molar-refractivity contribution < 1.29 is 19.1 Å². The van der Waals surface area contributed by atoms with Crippen molar-refractivity contribution in [3.8, 4) is 5.75 Å². The maximum Gasteiger partial charge on any atom is 0.263 e. The van der Waals surface area contributed by atoms with Gasteiger partial charge in [-0.25, -0.2) is 0 Å². The van der Waals surface area contributed by atoms with Gasteiger partial charge in [-0.05, 0) is 62.7 Å². The van der Waals surface area contributed by atoms with E-state index in [0.717, 1.165) is 5.56 Å². The molecule has 0 heterocycles. The SMILES string of the molecule is CCN(CC(=O)Nc1ccc(NC(C)=O)cc1)C(=O)[C@H](C)Oc1cccc(C)c1. The maximum absolute atomic E-state index is 12.7. The molecule has 1 atom stereocenters. The molecule has 154 valence electrons. The standard InChI is InChI=1S/C22H27N3O4/c1-5-25(22(28)16(3)29-20-8-6-7-15(2)13-20)14-21(27)24-19-11-9-18(10-12-19)23-17(4)26/h6-13,16H,5,14H2,1-4H3,(H,23,26)(H,24,27)/t16-/m0/s1. The van der Waals surface area contributed by atoms with Gasteiger partial charge in [0.05, 0.1) is 6.54 Å². The van der Waals surface area contributed by atoms with E-state index in [4.69, 9.17) is 4.74 Å². The summed E-state index contributed by atoms with van der Waals surface area (Å²) >= 11 is 0. The number of carbonyl (C=O) groups excluding carboxylic acids is 3. The molecule has 7 heteroatoms. The maximum atomic E-state index is 12.7. The normalized spacial score (nSPS) is 11.3. The third kappa shape index (κ3) is 6.95. The monoisotopic (exact) mass is 397 g/mol. The number of nitrogens with zero attached hydrogens (tertiary/aromatic N) is 1. The Morgan fingerprint density at radius 3 is 2.21 bits per heavy atom. The van der Waals surface area contributed by atoms with Gasteiger partial charge >= 0.3 is 0 Å². The Hall–Kier alpha value is -3.35.